The molecule has 0 saturated carbocycles. The second-order valence-electron chi connectivity index (χ2n) is 8.41. The van der Waals surface area contributed by atoms with Crippen LogP contribution in [0.4, 0.5) is 5.69 Å². The van der Waals surface area contributed by atoms with Gasteiger partial charge in [-0.3, -0.25) is 4.79 Å². The monoisotopic (exact) mass is 356 g/mol. The molecule has 0 bridgehead atoms. The normalized spacial score (nSPS) is 18.9. The van der Waals surface area contributed by atoms with Gasteiger partial charge in [0.05, 0.1) is 11.7 Å². The molecule has 3 rings (SSSR count). The second-order valence-corrected chi connectivity index (χ2v) is 13.1. The predicted octanol–water partition coefficient (Wildman–Crippen LogP) is 4.29. The van der Waals surface area contributed by atoms with E-state index in [1.807, 2.05) is 23.1 Å². The van der Waals surface area contributed by atoms with Gasteiger partial charge in [0.1, 0.15) is 5.75 Å². The van der Waals surface area contributed by atoms with Crippen LogP contribution in [0, 0.1) is 0 Å². The first-order valence-corrected chi connectivity index (χ1v) is 11.8. The van der Waals surface area contributed by atoms with Gasteiger partial charge in [0.25, 0.3) is 0 Å². The Bertz CT molecular complexity index is 811. The fourth-order valence-electron chi connectivity index (χ4n) is 2.92. The van der Waals surface area contributed by atoms with Crippen molar-refractivity contribution in [2.24, 2.45) is 5.73 Å². The molecule has 1 heterocycles. The molecule has 2 aromatic carbocycles. The standard InChI is InChI=1S/C20H28N2O2Si/c1-20(2,3)25(4,5)24-15-10-9-14-7-6-8-18(16(14)13-15)22-12-11-17(21)19(22)23/h6-10,13,17H,11-12,21H2,1-5H3/t17-/m0/s1. The molecule has 25 heavy (non-hydrogen) atoms. The molecular weight excluding hydrogens is 328 g/mol. The average Bonchev–Trinajstić information content (AvgIpc) is 2.85. The van der Waals surface area contributed by atoms with Crippen LogP contribution in [-0.2, 0) is 4.79 Å². The zero-order chi connectivity index (χ0) is 18.4. The van der Waals surface area contributed by atoms with E-state index in [2.05, 4.69) is 52.1 Å². The summed E-state index contributed by atoms with van der Waals surface area (Å²) in [4.78, 5) is 14.2. The van der Waals surface area contributed by atoms with E-state index in [0.29, 0.717) is 13.0 Å². The predicted molar refractivity (Wildman–Crippen MR) is 107 cm³/mol. The van der Waals surface area contributed by atoms with E-state index < -0.39 is 8.32 Å². The molecule has 1 amide bonds. The summed E-state index contributed by atoms with van der Waals surface area (Å²) in [7, 11) is -1.91. The average molecular weight is 357 g/mol. The van der Waals surface area contributed by atoms with Crippen LogP contribution in [0.3, 0.4) is 0 Å². The summed E-state index contributed by atoms with van der Waals surface area (Å²) in [6, 6.07) is 11.8. The molecule has 4 nitrogen and oxygen atoms in total. The molecular formula is C20H28N2O2Si. The highest BCUT2D eigenvalue weighted by molar-refractivity contribution is 6.74. The van der Waals surface area contributed by atoms with Gasteiger partial charge < -0.3 is 15.1 Å². The van der Waals surface area contributed by atoms with E-state index in [-0.39, 0.29) is 17.0 Å². The van der Waals surface area contributed by atoms with Crippen molar-refractivity contribution in [2.75, 3.05) is 11.4 Å². The van der Waals surface area contributed by atoms with Gasteiger partial charge in [-0.05, 0) is 48.1 Å². The van der Waals surface area contributed by atoms with Gasteiger partial charge in [-0.15, -0.1) is 0 Å². The minimum Gasteiger partial charge on any atom is -0.543 e. The zero-order valence-electron chi connectivity index (χ0n) is 15.8. The van der Waals surface area contributed by atoms with Crippen molar-refractivity contribution in [3.63, 3.8) is 0 Å². The highest BCUT2D eigenvalue weighted by Crippen LogP contribution is 2.39. The number of anilines is 1. The van der Waals surface area contributed by atoms with Gasteiger partial charge in [0.15, 0.2) is 0 Å². The summed E-state index contributed by atoms with van der Waals surface area (Å²) in [6.45, 7) is 11.9. The number of nitrogens with zero attached hydrogens (tertiary/aromatic N) is 1. The van der Waals surface area contributed by atoms with Crippen molar-refractivity contribution in [1.82, 2.24) is 0 Å². The molecule has 0 aliphatic carbocycles. The maximum absolute atomic E-state index is 12.4. The van der Waals surface area contributed by atoms with Crippen LogP contribution in [0.25, 0.3) is 10.8 Å². The summed E-state index contributed by atoms with van der Waals surface area (Å²) < 4.78 is 6.45. The molecule has 1 aliphatic rings. The van der Waals surface area contributed by atoms with Crippen LogP contribution in [-0.4, -0.2) is 26.8 Å². The van der Waals surface area contributed by atoms with E-state index in [0.717, 1.165) is 22.2 Å². The van der Waals surface area contributed by atoms with Crippen LogP contribution in [0.5, 0.6) is 5.75 Å². The third-order valence-electron chi connectivity index (χ3n) is 5.55. The lowest BCUT2D eigenvalue weighted by molar-refractivity contribution is -0.118. The number of rotatable bonds is 3. The Morgan fingerprint density at radius 3 is 2.52 bits per heavy atom. The first-order valence-electron chi connectivity index (χ1n) is 8.89. The lowest BCUT2D eigenvalue weighted by Crippen LogP contribution is -2.43. The molecule has 0 radical (unpaired) electrons. The van der Waals surface area contributed by atoms with Gasteiger partial charge in [-0.25, -0.2) is 0 Å². The van der Waals surface area contributed by atoms with Gasteiger partial charge in [-0.2, -0.15) is 0 Å². The largest absolute Gasteiger partial charge is 0.543 e. The van der Waals surface area contributed by atoms with Crippen molar-refractivity contribution < 1.29 is 9.22 Å². The summed E-state index contributed by atoms with van der Waals surface area (Å²) >= 11 is 0. The number of carbonyl (C=O) groups excluding carboxylic acids is 1. The SMILES string of the molecule is CC(C)(C)[Si](C)(C)Oc1ccc2cccc(N3CC[C@H](N)C3=O)c2c1. The first kappa shape index (κ1) is 18.0. The summed E-state index contributed by atoms with van der Waals surface area (Å²) in [5.41, 5.74) is 6.83. The molecule has 1 aliphatic heterocycles. The van der Waals surface area contributed by atoms with Crippen molar-refractivity contribution >= 4 is 30.7 Å². The van der Waals surface area contributed by atoms with Gasteiger partial charge >= 0.3 is 0 Å². The number of carbonyl (C=O) groups is 1. The van der Waals surface area contributed by atoms with E-state index in [9.17, 15) is 4.79 Å². The number of benzene rings is 2. The van der Waals surface area contributed by atoms with Crippen molar-refractivity contribution in [3.8, 4) is 5.75 Å². The Morgan fingerprint density at radius 1 is 1.20 bits per heavy atom. The molecule has 0 unspecified atom stereocenters. The van der Waals surface area contributed by atoms with Gasteiger partial charge in [0, 0.05) is 11.9 Å². The maximum Gasteiger partial charge on any atom is 0.250 e. The van der Waals surface area contributed by atoms with Crippen LogP contribution in [0.2, 0.25) is 18.1 Å². The molecule has 1 fully saturated rings. The van der Waals surface area contributed by atoms with Crippen LogP contribution in [0.15, 0.2) is 36.4 Å². The van der Waals surface area contributed by atoms with Crippen LogP contribution >= 0.6 is 0 Å². The molecule has 2 aromatic rings. The molecule has 0 spiro atoms. The van der Waals surface area contributed by atoms with E-state index in [1.54, 1.807) is 0 Å². The first-order chi connectivity index (χ1) is 11.6. The number of amides is 1. The third-order valence-corrected chi connectivity index (χ3v) is 9.91. The Kier molecular flexibility index (Phi) is 4.41. The Hall–Kier alpha value is -1.85. The summed E-state index contributed by atoms with van der Waals surface area (Å²) in [5.74, 6) is 0.880. The molecule has 1 saturated heterocycles. The number of fused-ring (bicyclic) bond motifs is 1. The lowest BCUT2D eigenvalue weighted by Gasteiger charge is -2.36. The second kappa shape index (κ2) is 6.14. The van der Waals surface area contributed by atoms with Gasteiger partial charge in [-0.1, -0.05) is 39.0 Å². The molecule has 5 heteroatoms. The zero-order valence-corrected chi connectivity index (χ0v) is 16.8. The summed E-state index contributed by atoms with van der Waals surface area (Å²) in [6.07, 6.45) is 0.704. The fourth-order valence-corrected chi connectivity index (χ4v) is 3.95. The third kappa shape index (κ3) is 3.31. The fraction of sp³-hybridized carbons (Fsp3) is 0.450. The van der Waals surface area contributed by atoms with E-state index >= 15 is 0 Å². The minimum absolute atomic E-state index is 0.00298. The van der Waals surface area contributed by atoms with E-state index in [4.69, 9.17) is 10.2 Å². The molecule has 2 N–H and O–H groups in total. The lowest BCUT2D eigenvalue weighted by atomic mass is 10.1. The molecule has 1 atom stereocenters. The van der Waals surface area contributed by atoms with Crippen molar-refractivity contribution in [1.29, 1.82) is 0 Å². The van der Waals surface area contributed by atoms with Crippen molar-refractivity contribution in [3.05, 3.63) is 36.4 Å². The quantitative estimate of drug-likeness (QED) is 0.835. The number of hydrogen-bond donors (Lipinski definition) is 1. The smallest absolute Gasteiger partial charge is 0.250 e. The Labute approximate surface area is 151 Å². The highest BCUT2D eigenvalue weighted by Gasteiger charge is 2.39. The minimum atomic E-state index is -1.91. The van der Waals surface area contributed by atoms with Crippen molar-refractivity contribution in [2.45, 2.75) is 51.4 Å². The number of hydrogen-bond acceptors (Lipinski definition) is 3. The topological polar surface area (TPSA) is 55.6 Å². The Balaban J connectivity index is 2.02. The number of nitrogens with two attached hydrogens (primary N) is 1. The highest BCUT2D eigenvalue weighted by atomic mass is 28.4. The Morgan fingerprint density at radius 2 is 1.92 bits per heavy atom. The molecule has 134 valence electrons. The maximum atomic E-state index is 12.4. The van der Waals surface area contributed by atoms with Crippen LogP contribution in [0.1, 0.15) is 27.2 Å². The van der Waals surface area contributed by atoms with Gasteiger partial charge in [0.2, 0.25) is 14.2 Å². The summed E-state index contributed by atoms with van der Waals surface area (Å²) in [5, 5.41) is 2.29. The van der Waals surface area contributed by atoms with E-state index in [1.165, 1.54) is 0 Å². The molecule has 0 aromatic heterocycles. The van der Waals surface area contributed by atoms with Crippen LogP contribution < -0.4 is 15.1 Å².